The van der Waals surface area contributed by atoms with Crippen molar-refractivity contribution in [2.24, 2.45) is 0 Å². The van der Waals surface area contributed by atoms with Gasteiger partial charge in [-0.05, 0) is 41.7 Å². The van der Waals surface area contributed by atoms with Crippen molar-refractivity contribution >= 4 is 17.2 Å². The summed E-state index contributed by atoms with van der Waals surface area (Å²) in [6.07, 6.45) is 3.39. The van der Waals surface area contributed by atoms with E-state index < -0.39 is 0 Å². The summed E-state index contributed by atoms with van der Waals surface area (Å²) in [6.45, 7) is 4.61. The van der Waals surface area contributed by atoms with Crippen molar-refractivity contribution in [2.75, 3.05) is 13.2 Å². The first-order chi connectivity index (χ1) is 11.7. The Labute approximate surface area is 148 Å². The molecular weight excluding hydrogens is 318 g/mol. The van der Waals surface area contributed by atoms with Crippen LogP contribution in [0.5, 0.6) is 0 Å². The molecule has 24 heavy (non-hydrogen) atoms. The second-order valence-corrected chi connectivity index (χ2v) is 7.18. The molecule has 0 aliphatic carbocycles. The zero-order chi connectivity index (χ0) is 16.5. The van der Waals surface area contributed by atoms with Gasteiger partial charge in [0.2, 0.25) is 0 Å². The molecule has 1 fully saturated rings. The topological polar surface area (TPSA) is 12.5 Å². The van der Waals surface area contributed by atoms with Crippen LogP contribution in [-0.2, 0) is 11.3 Å². The van der Waals surface area contributed by atoms with E-state index in [1.54, 1.807) is 0 Å². The van der Waals surface area contributed by atoms with Crippen molar-refractivity contribution in [2.45, 2.75) is 32.0 Å². The Morgan fingerprint density at radius 2 is 1.96 bits per heavy atom. The van der Waals surface area contributed by atoms with Crippen LogP contribution in [0.3, 0.4) is 0 Å². The van der Waals surface area contributed by atoms with Gasteiger partial charge in [0.25, 0.3) is 0 Å². The molecule has 2 aromatic rings. The van der Waals surface area contributed by atoms with Crippen LogP contribution < -0.4 is 0 Å². The Balaban J connectivity index is 1.61. The van der Waals surface area contributed by atoms with Crippen LogP contribution >= 0.6 is 11.6 Å². The molecule has 124 valence electrons. The highest BCUT2D eigenvalue weighted by Gasteiger charge is 2.34. The maximum Gasteiger partial charge on any atom is 0.0658 e. The quantitative estimate of drug-likeness (QED) is 0.803. The molecule has 0 saturated carbocycles. The summed E-state index contributed by atoms with van der Waals surface area (Å²) in [5, 5.41) is 0.849. The Morgan fingerprint density at radius 1 is 1.12 bits per heavy atom. The van der Waals surface area contributed by atoms with Crippen LogP contribution in [0.2, 0.25) is 5.02 Å². The minimum absolute atomic E-state index is 0.341. The Bertz CT molecular complexity index is 756. The molecule has 0 amide bonds. The number of aryl methyl sites for hydroxylation is 1. The second-order valence-electron chi connectivity index (χ2n) is 6.78. The fourth-order valence-electron chi connectivity index (χ4n) is 3.71. The van der Waals surface area contributed by atoms with E-state index in [0.717, 1.165) is 36.8 Å². The maximum absolute atomic E-state index is 6.33. The first-order valence-electron chi connectivity index (χ1n) is 8.55. The van der Waals surface area contributed by atoms with E-state index in [4.69, 9.17) is 16.3 Å². The average molecular weight is 340 g/mol. The Morgan fingerprint density at radius 3 is 2.71 bits per heavy atom. The Kier molecular flexibility index (Phi) is 4.45. The standard InChI is InChI=1S/C21H22ClNO/c1-15-7-8-17(11-21(15)22)18-9-19-13-24-14-20(10-18)23(19)12-16-5-3-2-4-6-16/h2-9,11,19-20H,10,12-14H2,1H3. The van der Waals surface area contributed by atoms with Crippen LogP contribution in [0.4, 0.5) is 0 Å². The summed E-state index contributed by atoms with van der Waals surface area (Å²) in [4.78, 5) is 2.58. The highest BCUT2D eigenvalue weighted by molar-refractivity contribution is 6.31. The lowest BCUT2D eigenvalue weighted by Gasteiger charge is -2.45. The first kappa shape index (κ1) is 15.9. The molecule has 2 aliphatic rings. The van der Waals surface area contributed by atoms with Crippen LogP contribution in [0.15, 0.2) is 54.6 Å². The zero-order valence-corrected chi connectivity index (χ0v) is 14.7. The van der Waals surface area contributed by atoms with Crippen molar-refractivity contribution in [1.82, 2.24) is 4.90 Å². The van der Waals surface area contributed by atoms with E-state index in [-0.39, 0.29) is 0 Å². The van der Waals surface area contributed by atoms with Crippen LogP contribution in [0.25, 0.3) is 5.57 Å². The minimum atomic E-state index is 0.341. The highest BCUT2D eigenvalue weighted by atomic mass is 35.5. The minimum Gasteiger partial charge on any atom is -0.378 e. The van der Waals surface area contributed by atoms with E-state index in [2.05, 4.69) is 59.5 Å². The molecule has 0 aromatic heterocycles. The molecule has 0 N–H and O–H groups in total. The number of halogens is 1. The third kappa shape index (κ3) is 3.14. The molecule has 2 nitrogen and oxygen atoms in total. The predicted molar refractivity (Wildman–Crippen MR) is 99.2 cm³/mol. The van der Waals surface area contributed by atoms with Crippen LogP contribution in [0.1, 0.15) is 23.1 Å². The van der Waals surface area contributed by atoms with E-state index in [1.807, 2.05) is 6.92 Å². The largest absolute Gasteiger partial charge is 0.378 e. The molecule has 2 bridgehead atoms. The molecule has 2 atom stereocenters. The van der Waals surface area contributed by atoms with E-state index in [0.29, 0.717) is 12.1 Å². The van der Waals surface area contributed by atoms with Gasteiger partial charge in [0.1, 0.15) is 0 Å². The van der Waals surface area contributed by atoms with Gasteiger partial charge in [0.05, 0.1) is 19.3 Å². The van der Waals surface area contributed by atoms with Crippen molar-refractivity contribution in [3.05, 3.63) is 76.3 Å². The lowest BCUT2D eigenvalue weighted by atomic mass is 9.89. The second kappa shape index (κ2) is 6.72. The summed E-state index contributed by atoms with van der Waals surface area (Å²) in [5.74, 6) is 0. The summed E-state index contributed by atoms with van der Waals surface area (Å²) >= 11 is 6.33. The van der Waals surface area contributed by atoms with Gasteiger partial charge >= 0.3 is 0 Å². The van der Waals surface area contributed by atoms with Crippen molar-refractivity contribution in [3.63, 3.8) is 0 Å². The molecule has 2 aliphatic heterocycles. The van der Waals surface area contributed by atoms with Gasteiger partial charge in [-0.25, -0.2) is 0 Å². The van der Waals surface area contributed by atoms with Gasteiger partial charge in [-0.2, -0.15) is 0 Å². The van der Waals surface area contributed by atoms with Gasteiger partial charge in [-0.1, -0.05) is 60.1 Å². The molecule has 2 unspecified atom stereocenters. The number of nitrogens with zero attached hydrogens (tertiary/aromatic N) is 1. The molecule has 3 heteroatoms. The maximum atomic E-state index is 6.33. The monoisotopic (exact) mass is 339 g/mol. The molecule has 2 aromatic carbocycles. The van der Waals surface area contributed by atoms with Crippen molar-refractivity contribution in [3.8, 4) is 0 Å². The fourth-order valence-corrected chi connectivity index (χ4v) is 3.89. The zero-order valence-electron chi connectivity index (χ0n) is 13.9. The number of benzene rings is 2. The smallest absolute Gasteiger partial charge is 0.0658 e. The van der Waals surface area contributed by atoms with Crippen LogP contribution in [-0.4, -0.2) is 30.2 Å². The van der Waals surface area contributed by atoms with Gasteiger partial charge in [-0.3, -0.25) is 4.90 Å². The molecule has 4 rings (SSSR count). The molecule has 0 spiro atoms. The highest BCUT2D eigenvalue weighted by Crippen LogP contribution is 2.34. The lowest BCUT2D eigenvalue weighted by molar-refractivity contribution is -0.0402. The Hall–Kier alpha value is -1.61. The number of hydrogen-bond acceptors (Lipinski definition) is 2. The number of morpholine rings is 1. The molecule has 1 saturated heterocycles. The van der Waals surface area contributed by atoms with E-state index in [1.165, 1.54) is 16.7 Å². The van der Waals surface area contributed by atoms with E-state index >= 15 is 0 Å². The van der Waals surface area contributed by atoms with Gasteiger partial charge in [-0.15, -0.1) is 0 Å². The first-order valence-corrected chi connectivity index (χ1v) is 8.93. The number of hydrogen-bond donors (Lipinski definition) is 0. The van der Waals surface area contributed by atoms with Crippen molar-refractivity contribution < 1.29 is 4.74 Å². The lowest BCUT2D eigenvalue weighted by Crippen LogP contribution is -2.53. The number of ether oxygens (including phenoxy) is 1. The van der Waals surface area contributed by atoms with E-state index in [9.17, 15) is 0 Å². The van der Waals surface area contributed by atoms with Crippen molar-refractivity contribution in [1.29, 1.82) is 0 Å². The molecule has 2 heterocycles. The summed E-state index contributed by atoms with van der Waals surface area (Å²) < 4.78 is 5.82. The summed E-state index contributed by atoms with van der Waals surface area (Å²) in [7, 11) is 0. The predicted octanol–water partition coefficient (Wildman–Crippen LogP) is 4.71. The van der Waals surface area contributed by atoms with Gasteiger partial charge in [0.15, 0.2) is 0 Å². The molecule has 0 radical (unpaired) electrons. The van der Waals surface area contributed by atoms with Gasteiger partial charge < -0.3 is 4.74 Å². The SMILES string of the molecule is Cc1ccc(C2=CC3COCC(C2)N3Cc2ccccc2)cc1Cl. The average Bonchev–Trinajstić information content (AvgIpc) is 2.58. The normalized spacial score (nSPS) is 23.8. The number of fused-ring (bicyclic) bond motifs is 2. The third-order valence-corrected chi connectivity index (χ3v) is 5.50. The number of rotatable bonds is 3. The fraction of sp³-hybridized carbons (Fsp3) is 0.333. The van der Waals surface area contributed by atoms with Gasteiger partial charge in [0, 0.05) is 17.6 Å². The molecular formula is C21H22ClNO. The summed E-state index contributed by atoms with van der Waals surface area (Å²) in [5.41, 5.74) is 5.15. The van der Waals surface area contributed by atoms with Crippen LogP contribution in [0, 0.1) is 6.92 Å². The third-order valence-electron chi connectivity index (χ3n) is 5.09. The summed E-state index contributed by atoms with van der Waals surface area (Å²) in [6, 6.07) is 17.9.